The van der Waals surface area contributed by atoms with Crippen LogP contribution in [0.5, 0.6) is 0 Å². The van der Waals surface area contributed by atoms with E-state index in [-0.39, 0.29) is 0 Å². The van der Waals surface area contributed by atoms with Gasteiger partial charge in [-0.25, -0.2) is 0 Å². The summed E-state index contributed by atoms with van der Waals surface area (Å²) >= 11 is 12.1. The summed E-state index contributed by atoms with van der Waals surface area (Å²) in [6.07, 6.45) is 3.46. The summed E-state index contributed by atoms with van der Waals surface area (Å²) in [4.78, 5) is 2.39. The molecule has 0 saturated carbocycles. The molecule has 4 heteroatoms. The minimum atomic E-state index is 0.350. The van der Waals surface area contributed by atoms with Crippen molar-refractivity contribution < 1.29 is 0 Å². The van der Waals surface area contributed by atoms with Gasteiger partial charge in [-0.15, -0.1) is 0 Å². The van der Waals surface area contributed by atoms with E-state index >= 15 is 0 Å². The second kappa shape index (κ2) is 9.68. The first-order valence-electron chi connectivity index (χ1n) is 7.84. The van der Waals surface area contributed by atoms with Crippen LogP contribution in [0.3, 0.4) is 0 Å². The number of benzene rings is 1. The molecule has 0 spiro atoms. The fourth-order valence-corrected chi connectivity index (χ4v) is 2.55. The molecule has 120 valence electrons. The van der Waals surface area contributed by atoms with E-state index in [2.05, 4.69) is 44.1 Å². The maximum absolute atomic E-state index is 6.10. The predicted octanol–water partition coefficient (Wildman–Crippen LogP) is 5.15. The number of nitrogens with one attached hydrogen (secondary N) is 1. The van der Waals surface area contributed by atoms with Crippen molar-refractivity contribution in [1.82, 2.24) is 10.2 Å². The van der Waals surface area contributed by atoms with E-state index in [9.17, 15) is 0 Å². The molecule has 2 nitrogen and oxygen atoms in total. The lowest BCUT2D eigenvalue weighted by Gasteiger charge is -2.21. The van der Waals surface area contributed by atoms with Crippen molar-refractivity contribution >= 4 is 23.2 Å². The Balaban J connectivity index is 2.36. The number of halogens is 2. The first-order valence-corrected chi connectivity index (χ1v) is 8.59. The monoisotopic (exact) mass is 330 g/mol. The van der Waals surface area contributed by atoms with Gasteiger partial charge < -0.3 is 10.2 Å². The van der Waals surface area contributed by atoms with Crippen LogP contribution in [0.4, 0.5) is 0 Å². The SMILES string of the molecule is CCC(NCCCCN(C)C(C)C)c1ccc(Cl)c(Cl)c1. The molecule has 1 atom stereocenters. The lowest BCUT2D eigenvalue weighted by atomic mass is 10.0. The maximum atomic E-state index is 6.10. The van der Waals surface area contributed by atoms with Crippen LogP contribution in [-0.4, -0.2) is 31.1 Å². The van der Waals surface area contributed by atoms with Gasteiger partial charge in [0.1, 0.15) is 0 Å². The highest BCUT2D eigenvalue weighted by Gasteiger charge is 2.10. The first-order chi connectivity index (χ1) is 9.95. The highest BCUT2D eigenvalue weighted by molar-refractivity contribution is 6.42. The van der Waals surface area contributed by atoms with Crippen LogP contribution in [0.15, 0.2) is 18.2 Å². The Labute approximate surface area is 139 Å². The minimum absolute atomic E-state index is 0.350. The third kappa shape index (κ3) is 6.56. The van der Waals surface area contributed by atoms with Crippen LogP contribution in [-0.2, 0) is 0 Å². The van der Waals surface area contributed by atoms with Crippen molar-refractivity contribution in [3.63, 3.8) is 0 Å². The fourth-order valence-electron chi connectivity index (χ4n) is 2.25. The van der Waals surface area contributed by atoms with Gasteiger partial charge in [-0.2, -0.15) is 0 Å². The molecule has 0 aromatic heterocycles. The van der Waals surface area contributed by atoms with Gasteiger partial charge in [0, 0.05) is 12.1 Å². The van der Waals surface area contributed by atoms with E-state index in [0.29, 0.717) is 22.1 Å². The third-order valence-corrected chi connectivity index (χ3v) is 4.70. The maximum Gasteiger partial charge on any atom is 0.0595 e. The summed E-state index contributed by atoms with van der Waals surface area (Å²) in [5.41, 5.74) is 1.21. The standard InChI is InChI=1S/C17H28Cl2N2/c1-5-17(14-8-9-15(18)16(19)12-14)20-10-6-7-11-21(4)13(2)3/h8-9,12-13,17,20H,5-7,10-11H2,1-4H3. The molecule has 1 aromatic rings. The topological polar surface area (TPSA) is 15.3 Å². The molecule has 1 N–H and O–H groups in total. The van der Waals surface area contributed by atoms with Crippen molar-refractivity contribution in [2.24, 2.45) is 0 Å². The number of unbranched alkanes of at least 4 members (excludes halogenated alkanes) is 1. The van der Waals surface area contributed by atoms with Crippen molar-refractivity contribution in [3.8, 4) is 0 Å². The van der Waals surface area contributed by atoms with Crippen LogP contribution in [0, 0.1) is 0 Å². The average Bonchev–Trinajstić information content (AvgIpc) is 2.45. The number of hydrogen-bond acceptors (Lipinski definition) is 2. The summed E-state index contributed by atoms with van der Waals surface area (Å²) in [6.45, 7) is 8.84. The molecule has 0 saturated heterocycles. The fraction of sp³-hybridized carbons (Fsp3) is 0.647. The van der Waals surface area contributed by atoms with Gasteiger partial charge in [-0.05, 0) is 70.9 Å². The molecule has 0 fully saturated rings. The molecule has 0 amide bonds. The first kappa shape index (κ1) is 18.8. The Bertz CT molecular complexity index is 421. The van der Waals surface area contributed by atoms with Gasteiger partial charge in [0.2, 0.25) is 0 Å². The molecule has 1 unspecified atom stereocenters. The van der Waals surface area contributed by atoms with Gasteiger partial charge in [0.05, 0.1) is 10.0 Å². The average molecular weight is 331 g/mol. The quantitative estimate of drug-likeness (QED) is 0.629. The van der Waals surface area contributed by atoms with E-state index in [0.717, 1.165) is 19.5 Å². The van der Waals surface area contributed by atoms with Crippen LogP contribution < -0.4 is 5.32 Å². The lowest BCUT2D eigenvalue weighted by Crippen LogP contribution is -2.28. The number of rotatable bonds is 9. The van der Waals surface area contributed by atoms with Gasteiger partial charge in [-0.1, -0.05) is 36.2 Å². The summed E-state index contributed by atoms with van der Waals surface area (Å²) in [7, 11) is 2.18. The molecule has 1 aromatic carbocycles. The zero-order valence-electron chi connectivity index (χ0n) is 13.6. The molecule has 0 bridgehead atoms. The van der Waals surface area contributed by atoms with Crippen molar-refractivity contribution in [2.45, 2.75) is 52.1 Å². The Kier molecular flexibility index (Phi) is 8.65. The molecular formula is C17H28Cl2N2. The largest absolute Gasteiger partial charge is 0.310 e. The second-order valence-corrected chi connectivity index (χ2v) is 6.68. The second-order valence-electron chi connectivity index (χ2n) is 5.87. The Morgan fingerprint density at radius 3 is 2.43 bits per heavy atom. The zero-order valence-corrected chi connectivity index (χ0v) is 15.1. The molecule has 21 heavy (non-hydrogen) atoms. The predicted molar refractivity (Wildman–Crippen MR) is 94.5 cm³/mol. The van der Waals surface area contributed by atoms with Crippen molar-refractivity contribution in [3.05, 3.63) is 33.8 Å². The lowest BCUT2D eigenvalue weighted by molar-refractivity contribution is 0.267. The van der Waals surface area contributed by atoms with E-state index < -0.39 is 0 Å². The zero-order chi connectivity index (χ0) is 15.8. The molecule has 0 aliphatic rings. The van der Waals surface area contributed by atoms with Crippen LogP contribution in [0.2, 0.25) is 10.0 Å². The van der Waals surface area contributed by atoms with Crippen LogP contribution >= 0.6 is 23.2 Å². The van der Waals surface area contributed by atoms with E-state index in [4.69, 9.17) is 23.2 Å². The summed E-state index contributed by atoms with van der Waals surface area (Å²) in [5.74, 6) is 0. The van der Waals surface area contributed by atoms with E-state index in [1.807, 2.05) is 12.1 Å². The summed E-state index contributed by atoms with van der Waals surface area (Å²) < 4.78 is 0. The van der Waals surface area contributed by atoms with E-state index in [1.54, 1.807) is 0 Å². The normalized spacial score (nSPS) is 13.1. The molecular weight excluding hydrogens is 303 g/mol. The molecule has 1 rings (SSSR count). The smallest absolute Gasteiger partial charge is 0.0595 e. The van der Waals surface area contributed by atoms with Crippen molar-refractivity contribution in [2.75, 3.05) is 20.1 Å². The Morgan fingerprint density at radius 2 is 1.86 bits per heavy atom. The highest BCUT2D eigenvalue weighted by atomic mass is 35.5. The molecule has 0 aliphatic carbocycles. The Morgan fingerprint density at radius 1 is 1.14 bits per heavy atom. The van der Waals surface area contributed by atoms with Gasteiger partial charge in [-0.3, -0.25) is 0 Å². The summed E-state index contributed by atoms with van der Waals surface area (Å²) in [6, 6.07) is 6.88. The van der Waals surface area contributed by atoms with Gasteiger partial charge >= 0.3 is 0 Å². The number of nitrogens with zero attached hydrogens (tertiary/aromatic N) is 1. The third-order valence-electron chi connectivity index (χ3n) is 3.96. The van der Waals surface area contributed by atoms with Gasteiger partial charge in [0.25, 0.3) is 0 Å². The van der Waals surface area contributed by atoms with Crippen molar-refractivity contribution in [1.29, 1.82) is 0 Å². The molecule has 0 aliphatic heterocycles. The molecule has 0 radical (unpaired) electrons. The summed E-state index contributed by atoms with van der Waals surface area (Å²) in [5, 5.41) is 4.87. The minimum Gasteiger partial charge on any atom is -0.310 e. The molecule has 0 heterocycles. The number of hydrogen-bond donors (Lipinski definition) is 1. The van der Waals surface area contributed by atoms with E-state index in [1.165, 1.54) is 18.4 Å². The van der Waals surface area contributed by atoms with Crippen LogP contribution in [0.25, 0.3) is 0 Å². The highest BCUT2D eigenvalue weighted by Crippen LogP contribution is 2.26. The van der Waals surface area contributed by atoms with Crippen LogP contribution in [0.1, 0.15) is 51.6 Å². The van der Waals surface area contributed by atoms with Gasteiger partial charge in [0.15, 0.2) is 0 Å². The Hall–Kier alpha value is -0.280.